The Morgan fingerprint density at radius 2 is 1.38 bits per heavy atom. The van der Waals surface area contributed by atoms with Crippen LogP contribution in [0.4, 0.5) is 13.9 Å². The number of alkyl halides is 2. The molecule has 0 spiro atoms. The number of rotatable bonds is 9. The van der Waals surface area contributed by atoms with E-state index in [4.69, 9.17) is 0 Å². The monoisotopic (exact) mass is 480 g/mol. The molecule has 0 aliphatic heterocycles. The first-order valence-electron chi connectivity index (χ1n) is 10.0. The first-order chi connectivity index (χ1) is 16.5. The van der Waals surface area contributed by atoms with E-state index in [0.717, 1.165) is 28.2 Å². The predicted octanol–water partition coefficient (Wildman–Crippen LogP) is 4.97. The lowest BCUT2D eigenvalue weighted by atomic mass is 9.77. The number of carbonyl (C=O) groups is 1. The number of anilines is 1. The first-order valence-corrected chi connectivity index (χ1v) is 10.8. The summed E-state index contributed by atoms with van der Waals surface area (Å²) in [5.41, 5.74) is 0.960. The van der Waals surface area contributed by atoms with E-state index in [0.29, 0.717) is 0 Å². The third-order valence-electron chi connectivity index (χ3n) is 4.98. The van der Waals surface area contributed by atoms with Crippen molar-refractivity contribution in [3.05, 3.63) is 114 Å². The number of carboxylic acids is 1. The Balaban J connectivity index is 1.85. The van der Waals surface area contributed by atoms with E-state index < -0.39 is 23.8 Å². The molecule has 1 aromatic heterocycles. The molecule has 0 unspecified atom stereocenters. The zero-order chi connectivity index (χ0) is 24.0. The van der Waals surface area contributed by atoms with Gasteiger partial charge < -0.3 is 15.3 Å². The molecule has 2 N–H and O–H groups in total. The zero-order valence-electron chi connectivity index (χ0n) is 17.5. The lowest BCUT2D eigenvalue weighted by Gasteiger charge is -2.36. The lowest BCUT2D eigenvalue weighted by Crippen LogP contribution is -2.38. The van der Waals surface area contributed by atoms with Gasteiger partial charge in [0.05, 0.1) is 0 Å². The van der Waals surface area contributed by atoms with Crippen LogP contribution in [0.3, 0.4) is 0 Å². The predicted molar refractivity (Wildman–Crippen MR) is 124 cm³/mol. The second-order valence-electron chi connectivity index (χ2n) is 7.01. The molecule has 0 radical (unpaired) electrons. The summed E-state index contributed by atoms with van der Waals surface area (Å²) in [5, 5.41) is 16.1. The van der Waals surface area contributed by atoms with E-state index in [1.807, 2.05) is 91.0 Å². The number of benzene rings is 3. The molecule has 0 bridgehead atoms. The Morgan fingerprint density at radius 3 is 1.79 bits per heavy atom. The molecule has 4 aromatic rings. The van der Waals surface area contributed by atoms with Crippen molar-refractivity contribution in [1.29, 1.82) is 0 Å². The SMILES string of the molecule is O=C(O)/C(=N/OC(F)F)c1nsc(NC(c2ccccc2)(c2ccccc2)c2ccccc2)n1. The Morgan fingerprint density at radius 1 is 0.912 bits per heavy atom. The van der Waals surface area contributed by atoms with Gasteiger partial charge >= 0.3 is 12.6 Å². The van der Waals surface area contributed by atoms with Crippen molar-refractivity contribution < 1.29 is 23.5 Å². The number of carboxylic acid groups (broad SMARTS) is 1. The molecule has 0 amide bonds. The quantitative estimate of drug-likeness (QED) is 0.199. The van der Waals surface area contributed by atoms with Crippen molar-refractivity contribution in [1.82, 2.24) is 9.36 Å². The van der Waals surface area contributed by atoms with E-state index in [2.05, 4.69) is 24.7 Å². The van der Waals surface area contributed by atoms with Crippen LogP contribution >= 0.6 is 11.5 Å². The van der Waals surface area contributed by atoms with Gasteiger partial charge in [-0.2, -0.15) is 18.1 Å². The number of hydrogen-bond donors (Lipinski definition) is 2. The van der Waals surface area contributed by atoms with Crippen molar-refractivity contribution in [2.45, 2.75) is 12.2 Å². The molecule has 0 saturated heterocycles. The van der Waals surface area contributed by atoms with Crippen molar-refractivity contribution >= 4 is 28.3 Å². The molecule has 4 rings (SSSR count). The van der Waals surface area contributed by atoms with Gasteiger partial charge in [0.1, 0.15) is 5.54 Å². The molecule has 0 atom stereocenters. The highest BCUT2D eigenvalue weighted by Gasteiger charge is 2.37. The molecule has 0 saturated carbocycles. The standard InChI is InChI=1S/C24H18F2N4O3S/c25-22(26)33-29-19(21(31)32)20-27-23(34-30-20)28-24(16-10-4-1-5-11-16,17-12-6-2-7-13-17)18-14-8-3-9-15-18/h1-15,22H,(H,31,32)(H,27,28,30)/b29-19+. The fraction of sp³-hybridized carbons (Fsp3) is 0.0833. The van der Waals surface area contributed by atoms with Crippen LogP contribution in [0, 0.1) is 0 Å². The topological polar surface area (TPSA) is 96.7 Å². The Bertz CT molecular complexity index is 1170. The fourth-order valence-electron chi connectivity index (χ4n) is 3.58. The summed E-state index contributed by atoms with van der Waals surface area (Å²) in [6.45, 7) is -3.27. The highest BCUT2D eigenvalue weighted by atomic mass is 32.1. The number of aliphatic carboxylic acids is 1. The maximum Gasteiger partial charge on any atom is 0.407 e. The van der Waals surface area contributed by atoms with Crippen molar-refractivity contribution in [2.24, 2.45) is 5.16 Å². The van der Waals surface area contributed by atoms with Crippen molar-refractivity contribution in [3.63, 3.8) is 0 Å². The first kappa shape index (κ1) is 23.0. The molecule has 7 nitrogen and oxygen atoms in total. The molecular formula is C24H18F2N4O3S. The molecular weight excluding hydrogens is 462 g/mol. The highest BCUT2D eigenvalue weighted by molar-refractivity contribution is 7.09. The Labute approximate surface area is 197 Å². The third kappa shape index (κ3) is 4.76. The molecule has 0 fully saturated rings. The van der Waals surface area contributed by atoms with E-state index >= 15 is 0 Å². The summed E-state index contributed by atoms with van der Waals surface area (Å²) in [6.07, 6.45) is 0. The summed E-state index contributed by atoms with van der Waals surface area (Å²) in [6, 6.07) is 29.0. The minimum atomic E-state index is -3.27. The van der Waals surface area contributed by atoms with Crippen LogP contribution in [0.2, 0.25) is 0 Å². The number of aromatic nitrogens is 2. The van der Waals surface area contributed by atoms with Crippen LogP contribution in [0.1, 0.15) is 22.5 Å². The van der Waals surface area contributed by atoms with Gasteiger partial charge in [-0.05, 0) is 16.7 Å². The average molecular weight is 480 g/mol. The molecule has 3 aromatic carbocycles. The number of hydrogen-bond acceptors (Lipinski definition) is 7. The lowest BCUT2D eigenvalue weighted by molar-refractivity contribution is -0.134. The molecule has 1 heterocycles. The summed E-state index contributed by atoms with van der Waals surface area (Å²) in [7, 11) is 0. The second kappa shape index (κ2) is 10.2. The van der Waals surface area contributed by atoms with Gasteiger partial charge in [0.2, 0.25) is 16.7 Å². The van der Waals surface area contributed by atoms with Crippen LogP contribution in [-0.4, -0.2) is 32.8 Å². The average Bonchev–Trinajstić information content (AvgIpc) is 3.32. The van der Waals surface area contributed by atoms with Gasteiger partial charge in [-0.3, -0.25) is 0 Å². The summed E-state index contributed by atoms with van der Waals surface area (Å²) < 4.78 is 28.8. The van der Waals surface area contributed by atoms with Crippen LogP contribution in [0.5, 0.6) is 0 Å². The molecule has 0 aliphatic rings. The number of oxime groups is 1. The largest absolute Gasteiger partial charge is 0.476 e. The summed E-state index contributed by atoms with van der Waals surface area (Å²) in [4.78, 5) is 19.6. The van der Waals surface area contributed by atoms with E-state index in [9.17, 15) is 18.7 Å². The summed E-state index contributed by atoms with van der Waals surface area (Å²) in [5.74, 6) is -1.94. The Hall–Kier alpha value is -4.18. The molecule has 0 aliphatic carbocycles. The number of halogens is 2. The van der Waals surface area contributed by atoms with Gasteiger partial charge in [-0.1, -0.05) is 96.2 Å². The normalized spacial score (nSPS) is 11.9. The van der Waals surface area contributed by atoms with Gasteiger partial charge in [0, 0.05) is 11.5 Å². The zero-order valence-corrected chi connectivity index (χ0v) is 18.3. The van der Waals surface area contributed by atoms with E-state index in [1.165, 1.54) is 0 Å². The minimum absolute atomic E-state index is 0.262. The summed E-state index contributed by atoms with van der Waals surface area (Å²) >= 11 is 0.881. The van der Waals surface area contributed by atoms with E-state index in [1.54, 1.807) is 0 Å². The van der Waals surface area contributed by atoms with E-state index in [-0.39, 0.29) is 11.0 Å². The maximum absolute atomic E-state index is 12.4. The van der Waals surface area contributed by atoms with Gasteiger partial charge in [0.25, 0.3) is 0 Å². The second-order valence-corrected chi connectivity index (χ2v) is 7.76. The van der Waals surface area contributed by atoms with Crippen molar-refractivity contribution in [2.75, 3.05) is 5.32 Å². The highest BCUT2D eigenvalue weighted by Crippen LogP contribution is 2.40. The van der Waals surface area contributed by atoms with Crippen LogP contribution in [0.25, 0.3) is 0 Å². The molecule has 34 heavy (non-hydrogen) atoms. The van der Waals surface area contributed by atoms with Crippen molar-refractivity contribution in [3.8, 4) is 0 Å². The third-order valence-corrected chi connectivity index (χ3v) is 5.61. The van der Waals surface area contributed by atoms with Gasteiger partial charge in [0.15, 0.2) is 0 Å². The Kier molecular flexibility index (Phi) is 6.88. The van der Waals surface area contributed by atoms with Crippen LogP contribution in [0.15, 0.2) is 96.2 Å². The maximum atomic E-state index is 12.4. The molecule has 172 valence electrons. The minimum Gasteiger partial charge on any atom is -0.476 e. The fourth-order valence-corrected chi connectivity index (χ4v) is 4.21. The van der Waals surface area contributed by atoms with Crippen LogP contribution in [-0.2, 0) is 15.2 Å². The van der Waals surface area contributed by atoms with Gasteiger partial charge in [-0.15, -0.1) is 0 Å². The molecule has 10 heteroatoms. The van der Waals surface area contributed by atoms with Crippen LogP contribution < -0.4 is 5.32 Å². The van der Waals surface area contributed by atoms with Gasteiger partial charge in [-0.25, -0.2) is 4.79 Å². The smallest absolute Gasteiger partial charge is 0.407 e. The number of nitrogens with one attached hydrogen (secondary N) is 1. The number of nitrogens with zero attached hydrogens (tertiary/aromatic N) is 3.